The Morgan fingerprint density at radius 1 is 1.21 bits per heavy atom. The third-order valence-corrected chi connectivity index (χ3v) is 5.75. The van der Waals surface area contributed by atoms with Gasteiger partial charge in [0.25, 0.3) is 0 Å². The molecule has 2 aliphatic heterocycles. The van der Waals surface area contributed by atoms with E-state index in [2.05, 4.69) is 51.2 Å². The molecule has 2 heterocycles. The normalized spacial score (nSPS) is 24.3. The predicted octanol–water partition coefficient (Wildman–Crippen LogP) is 2.89. The molecule has 1 aromatic rings. The Morgan fingerprint density at radius 3 is 2.83 bits per heavy atom. The van der Waals surface area contributed by atoms with Crippen LogP contribution < -0.4 is 5.43 Å². The van der Waals surface area contributed by atoms with E-state index in [4.69, 9.17) is 11.6 Å². The van der Waals surface area contributed by atoms with Gasteiger partial charge < -0.3 is 4.90 Å². The van der Waals surface area contributed by atoms with Crippen LogP contribution in [0.5, 0.6) is 0 Å². The molecule has 0 radical (unpaired) electrons. The molecule has 4 nitrogen and oxygen atoms in total. The summed E-state index contributed by atoms with van der Waals surface area (Å²) in [5.41, 5.74) is 7.59. The fraction of sp³-hybridized carbons (Fsp3) is 0.421. The van der Waals surface area contributed by atoms with Gasteiger partial charge in [-0.2, -0.15) is 5.10 Å². The third kappa shape index (κ3) is 2.96. The lowest BCUT2D eigenvalue weighted by Crippen LogP contribution is -2.47. The van der Waals surface area contributed by atoms with Crippen molar-refractivity contribution in [3.63, 3.8) is 0 Å². The van der Waals surface area contributed by atoms with E-state index in [1.165, 1.54) is 19.4 Å². The summed E-state index contributed by atoms with van der Waals surface area (Å²) in [6.45, 7) is 9.17. The summed E-state index contributed by atoms with van der Waals surface area (Å²) >= 11 is 6.37. The molecule has 4 rings (SSSR count). The average molecular weight is 343 g/mol. The van der Waals surface area contributed by atoms with Gasteiger partial charge in [-0.1, -0.05) is 42.4 Å². The molecule has 0 amide bonds. The van der Waals surface area contributed by atoms with Crippen LogP contribution in [0.15, 0.2) is 52.4 Å². The van der Waals surface area contributed by atoms with Gasteiger partial charge in [0.15, 0.2) is 0 Å². The lowest BCUT2D eigenvalue weighted by atomic mass is 10.0. The molecule has 24 heavy (non-hydrogen) atoms. The summed E-state index contributed by atoms with van der Waals surface area (Å²) in [5, 5.41) is 4.80. The number of benzene rings is 1. The van der Waals surface area contributed by atoms with E-state index in [9.17, 15) is 0 Å². The number of aryl methyl sites for hydroxylation is 1. The standard InChI is InChI=1S/C19H23ClN4/c1-14-19(20)18(12-21-22-14)24-10-8-23(9-11-24)13-16-7-6-15-4-2-3-5-17(15)16/h2-5,12,16,22H,1,6-11,13H2/t16-/m0/s1. The molecule has 0 aromatic heterocycles. The Bertz CT molecular complexity index is 701. The number of hydrogen-bond acceptors (Lipinski definition) is 4. The zero-order chi connectivity index (χ0) is 16.5. The van der Waals surface area contributed by atoms with Gasteiger partial charge in [0.05, 0.1) is 22.6 Å². The van der Waals surface area contributed by atoms with Crippen molar-refractivity contribution >= 4 is 17.8 Å². The highest BCUT2D eigenvalue weighted by Gasteiger charge is 2.27. The van der Waals surface area contributed by atoms with E-state index in [-0.39, 0.29) is 0 Å². The Morgan fingerprint density at radius 2 is 2.00 bits per heavy atom. The van der Waals surface area contributed by atoms with Gasteiger partial charge in [-0.25, -0.2) is 0 Å². The number of allylic oxidation sites excluding steroid dienone is 2. The van der Waals surface area contributed by atoms with Crippen LogP contribution in [0.4, 0.5) is 0 Å². The van der Waals surface area contributed by atoms with Gasteiger partial charge in [-0.15, -0.1) is 0 Å². The van der Waals surface area contributed by atoms with Crippen LogP contribution in [-0.2, 0) is 6.42 Å². The number of hydrogen-bond donors (Lipinski definition) is 1. The zero-order valence-electron chi connectivity index (χ0n) is 13.8. The second-order valence-corrected chi connectivity index (χ2v) is 7.15. The van der Waals surface area contributed by atoms with Crippen LogP contribution in [0.3, 0.4) is 0 Å². The first-order valence-electron chi connectivity index (χ1n) is 8.65. The molecular formula is C19H23ClN4. The minimum absolute atomic E-state index is 0.680. The molecule has 1 N–H and O–H groups in total. The quantitative estimate of drug-likeness (QED) is 0.916. The van der Waals surface area contributed by atoms with Crippen LogP contribution in [0.25, 0.3) is 0 Å². The van der Waals surface area contributed by atoms with Gasteiger partial charge in [0, 0.05) is 32.7 Å². The Balaban J connectivity index is 1.37. The van der Waals surface area contributed by atoms with Crippen molar-refractivity contribution in [2.24, 2.45) is 5.10 Å². The van der Waals surface area contributed by atoms with E-state index >= 15 is 0 Å². The number of nitrogens with zero attached hydrogens (tertiary/aromatic N) is 3. The van der Waals surface area contributed by atoms with E-state index in [1.807, 2.05) is 0 Å². The zero-order valence-corrected chi connectivity index (χ0v) is 14.6. The van der Waals surface area contributed by atoms with Crippen molar-refractivity contribution < 1.29 is 0 Å². The highest BCUT2D eigenvalue weighted by atomic mass is 35.5. The number of fused-ring (bicyclic) bond motifs is 1. The maximum atomic E-state index is 6.37. The average Bonchev–Trinajstić information content (AvgIpc) is 3.01. The first kappa shape index (κ1) is 15.7. The number of halogens is 1. The molecule has 0 saturated carbocycles. The van der Waals surface area contributed by atoms with E-state index in [0.717, 1.165) is 31.9 Å². The fourth-order valence-corrected chi connectivity index (χ4v) is 4.18. The fourth-order valence-electron chi connectivity index (χ4n) is 3.97. The van der Waals surface area contributed by atoms with Crippen LogP contribution in [-0.4, -0.2) is 48.7 Å². The predicted molar refractivity (Wildman–Crippen MR) is 99.2 cm³/mol. The molecule has 1 saturated heterocycles. The number of piperazine rings is 1. The van der Waals surface area contributed by atoms with Gasteiger partial charge in [0.2, 0.25) is 0 Å². The molecule has 1 aromatic carbocycles. The summed E-state index contributed by atoms with van der Waals surface area (Å²) in [4.78, 5) is 4.90. The molecule has 1 aliphatic carbocycles. The topological polar surface area (TPSA) is 30.9 Å². The van der Waals surface area contributed by atoms with Gasteiger partial charge in [-0.3, -0.25) is 10.3 Å². The maximum absolute atomic E-state index is 6.37. The van der Waals surface area contributed by atoms with Crippen molar-refractivity contribution in [3.8, 4) is 0 Å². The summed E-state index contributed by atoms with van der Waals surface area (Å²) < 4.78 is 0. The van der Waals surface area contributed by atoms with Crippen LogP contribution >= 0.6 is 11.6 Å². The summed E-state index contributed by atoms with van der Waals surface area (Å²) in [5.74, 6) is 0.691. The second kappa shape index (κ2) is 6.61. The molecule has 1 atom stereocenters. The van der Waals surface area contributed by atoms with Crippen molar-refractivity contribution in [1.82, 2.24) is 15.2 Å². The van der Waals surface area contributed by atoms with Gasteiger partial charge in [-0.05, 0) is 29.9 Å². The van der Waals surface area contributed by atoms with Crippen molar-refractivity contribution in [2.75, 3.05) is 32.7 Å². The second-order valence-electron chi connectivity index (χ2n) is 6.77. The summed E-state index contributed by atoms with van der Waals surface area (Å²) in [7, 11) is 0. The van der Waals surface area contributed by atoms with E-state index < -0.39 is 0 Å². The molecule has 1 fully saturated rings. The van der Waals surface area contributed by atoms with Crippen molar-refractivity contribution in [1.29, 1.82) is 0 Å². The summed E-state index contributed by atoms with van der Waals surface area (Å²) in [6.07, 6.45) is 4.32. The largest absolute Gasteiger partial charge is 0.366 e. The molecule has 0 unspecified atom stereocenters. The monoisotopic (exact) mass is 342 g/mol. The molecule has 3 aliphatic rings. The van der Waals surface area contributed by atoms with E-state index in [0.29, 0.717) is 16.6 Å². The first-order valence-corrected chi connectivity index (χ1v) is 9.03. The lowest BCUT2D eigenvalue weighted by Gasteiger charge is -2.38. The van der Waals surface area contributed by atoms with Crippen LogP contribution in [0.2, 0.25) is 0 Å². The smallest absolute Gasteiger partial charge is 0.0900 e. The molecule has 0 bridgehead atoms. The minimum Gasteiger partial charge on any atom is -0.366 e. The lowest BCUT2D eigenvalue weighted by molar-refractivity contribution is 0.156. The Labute approximate surface area is 148 Å². The highest BCUT2D eigenvalue weighted by Crippen LogP contribution is 2.33. The summed E-state index contributed by atoms with van der Waals surface area (Å²) in [6, 6.07) is 8.93. The molecule has 126 valence electrons. The minimum atomic E-state index is 0.680. The first-order chi connectivity index (χ1) is 11.7. The Kier molecular flexibility index (Phi) is 4.33. The molecule has 0 spiro atoms. The number of rotatable bonds is 3. The Hall–Kier alpha value is -1.78. The van der Waals surface area contributed by atoms with E-state index in [1.54, 1.807) is 17.3 Å². The van der Waals surface area contributed by atoms with Crippen LogP contribution in [0, 0.1) is 0 Å². The molecular weight excluding hydrogens is 320 g/mol. The SMILES string of the molecule is C=C1NN=CC(N2CCN(C[C@@H]3CCc4ccccc43)CC2)=C1Cl. The number of hydrazone groups is 1. The van der Waals surface area contributed by atoms with Crippen LogP contribution in [0.1, 0.15) is 23.5 Å². The third-order valence-electron chi connectivity index (χ3n) is 5.32. The van der Waals surface area contributed by atoms with Gasteiger partial charge in [0.1, 0.15) is 0 Å². The van der Waals surface area contributed by atoms with Crippen molar-refractivity contribution in [2.45, 2.75) is 18.8 Å². The highest BCUT2D eigenvalue weighted by molar-refractivity contribution is 6.33. The maximum Gasteiger partial charge on any atom is 0.0900 e. The van der Waals surface area contributed by atoms with Crippen molar-refractivity contribution in [3.05, 3.63) is 58.4 Å². The molecule has 5 heteroatoms. The van der Waals surface area contributed by atoms with Gasteiger partial charge >= 0.3 is 0 Å². The number of nitrogens with one attached hydrogen (secondary N) is 1.